The molecule has 3 aliphatic rings. The van der Waals surface area contributed by atoms with Crippen molar-refractivity contribution < 1.29 is 17.9 Å². The molecular weight excluding hydrogens is 471 g/mol. The molecule has 36 heavy (non-hydrogen) atoms. The van der Waals surface area contributed by atoms with Crippen LogP contribution < -0.4 is 5.32 Å². The van der Waals surface area contributed by atoms with E-state index in [1.54, 1.807) is 0 Å². The second-order valence-corrected chi connectivity index (χ2v) is 9.72. The zero-order chi connectivity index (χ0) is 25.0. The van der Waals surface area contributed by atoms with Crippen LogP contribution in [0.4, 0.5) is 19.0 Å². The van der Waals surface area contributed by atoms with Crippen LogP contribution >= 0.6 is 0 Å². The van der Waals surface area contributed by atoms with Gasteiger partial charge in [0.05, 0.1) is 35.4 Å². The molecule has 1 unspecified atom stereocenters. The molecule has 11 heteroatoms. The van der Waals surface area contributed by atoms with Crippen molar-refractivity contribution in [2.24, 2.45) is 10.9 Å². The number of aliphatic imine (C=N–C) groups is 1. The van der Waals surface area contributed by atoms with Gasteiger partial charge in [0.25, 0.3) is 0 Å². The summed E-state index contributed by atoms with van der Waals surface area (Å²) in [5, 5.41) is 7.94. The van der Waals surface area contributed by atoms with Crippen molar-refractivity contribution in [1.82, 2.24) is 24.7 Å². The minimum absolute atomic E-state index is 0.0864. The minimum Gasteiger partial charge on any atom is -0.373 e. The normalized spacial score (nSPS) is 24.1. The highest BCUT2D eigenvalue weighted by atomic mass is 19.4. The Kier molecular flexibility index (Phi) is 5.55. The van der Waals surface area contributed by atoms with Crippen LogP contribution in [0.3, 0.4) is 0 Å². The summed E-state index contributed by atoms with van der Waals surface area (Å²) in [6.45, 7) is 4.31. The van der Waals surface area contributed by atoms with Crippen LogP contribution in [0.25, 0.3) is 0 Å². The Bertz CT molecular complexity index is 1310. The molecule has 1 saturated carbocycles. The Labute approximate surface area is 206 Å². The number of nitrogens with one attached hydrogen (secondary N) is 1. The summed E-state index contributed by atoms with van der Waals surface area (Å²) >= 11 is 0. The molecule has 5 heterocycles. The van der Waals surface area contributed by atoms with Crippen LogP contribution in [0.5, 0.6) is 0 Å². The molecule has 8 nitrogen and oxygen atoms in total. The van der Waals surface area contributed by atoms with E-state index >= 15 is 0 Å². The number of halogens is 3. The van der Waals surface area contributed by atoms with Crippen LogP contribution in [0.15, 0.2) is 35.7 Å². The topological polar surface area (TPSA) is 90.1 Å². The summed E-state index contributed by atoms with van der Waals surface area (Å²) < 4.78 is 47.4. The average molecular weight is 498 g/mol. The summed E-state index contributed by atoms with van der Waals surface area (Å²) in [7, 11) is 0. The molecule has 6 rings (SSSR count). The van der Waals surface area contributed by atoms with E-state index < -0.39 is 11.9 Å². The fraction of sp³-hybridized carbons (Fsp3) is 0.480. The number of nitrogens with zero attached hydrogens (tertiary/aromatic N) is 6. The molecule has 0 spiro atoms. The Balaban J connectivity index is 1.32. The van der Waals surface area contributed by atoms with Gasteiger partial charge in [-0.25, -0.2) is 9.97 Å². The van der Waals surface area contributed by atoms with E-state index in [0.717, 1.165) is 48.7 Å². The quantitative estimate of drug-likeness (QED) is 0.557. The molecule has 2 aliphatic heterocycles. The van der Waals surface area contributed by atoms with Gasteiger partial charge in [-0.05, 0) is 51.7 Å². The second-order valence-electron chi connectivity index (χ2n) is 9.72. The molecule has 3 aromatic rings. The Morgan fingerprint density at radius 1 is 1.06 bits per heavy atom. The monoisotopic (exact) mass is 497 g/mol. The molecular formula is C25H26F3N7O. The Hall–Kier alpha value is -3.34. The molecule has 3 aromatic heterocycles. The summed E-state index contributed by atoms with van der Waals surface area (Å²) in [6, 6.07) is 2.88. The number of fused-ring (bicyclic) bond motifs is 1. The third-order valence-electron chi connectivity index (χ3n) is 7.10. The molecule has 0 aromatic carbocycles. The summed E-state index contributed by atoms with van der Waals surface area (Å²) in [5.74, 6) is 0.708. The number of ether oxygens (including phenoxy) is 1. The van der Waals surface area contributed by atoms with Gasteiger partial charge in [-0.1, -0.05) is 0 Å². The lowest BCUT2D eigenvalue weighted by molar-refractivity contribution is -0.141. The van der Waals surface area contributed by atoms with Gasteiger partial charge in [0.15, 0.2) is 5.82 Å². The van der Waals surface area contributed by atoms with Gasteiger partial charge in [-0.15, -0.1) is 0 Å². The number of aryl methyl sites for hydroxylation is 2. The minimum atomic E-state index is -4.51. The zero-order valence-electron chi connectivity index (χ0n) is 20.0. The van der Waals surface area contributed by atoms with Crippen molar-refractivity contribution in [3.8, 4) is 0 Å². The van der Waals surface area contributed by atoms with Gasteiger partial charge < -0.3 is 10.1 Å². The number of pyridine rings is 1. The molecule has 1 aliphatic carbocycles. The van der Waals surface area contributed by atoms with Crippen molar-refractivity contribution in [2.45, 2.75) is 64.0 Å². The van der Waals surface area contributed by atoms with Crippen LogP contribution in [-0.4, -0.2) is 43.2 Å². The van der Waals surface area contributed by atoms with E-state index in [9.17, 15) is 13.2 Å². The first-order valence-electron chi connectivity index (χ1n) is 12.2. The highest BCUT2D eigenvalue weighted by Crippen LogP contribution is 2.39. The predicted molar refractivity (Wildman–Crippen MR) is 126 cm³/mol. The van der Waals surface area contributed by atoms with Crippen LogP contribution in [-0.2, 0) is 10.9 Å². The Morgan fingerprint density at radius 2 is 1.86 bits per heavy atom. The van der Waals surface area contributed by atoms with Crippen molar-refractivity contribution >= 4 is 11.5 Å². The van der Waals surface area contributed by atoms with Crippen molar-refractivity contribution in [1.29, 1.82) is 0 Å². The molecule has 1 N–H and O–H groups in total. The van der Waals surface area contributed by atoms with E-state index in [0.29, 0.717) is 35.4 Å². The van der Waals surface area contributed by atoms with E-state index in [1.165, 1.54) is 12.3 Å². The van der Waals surface area contributed by atoms with E-state index in [-0.39, 0.29) is 18.2 Å². The summed E-state index contributed by atoms with van der Waals surface area (Å²) in [4.78, 5) is 18.0. The molecule has 0 amide bonds. The molecule has 0 bridgehead atoms. The van der Waals surface area contributed by atoms with Gasteiger partial charge in [0.1, 0.15) is 17.6 Å². The van der Waals surface area contributed by atoms with Crippen molar-refractivity contribution in [3.63, 3.8) is 0 Å². The van der Waals surface area contributed by atoms with Gasteiger partial charge in [-0.2, -0.15) is 18.3 Å². The maximum absolute atomic E-state index is 13.1. The number of hydrogen-bond acceptors (Lipinski definition) is 7. The third kappa shape index (κ3) is 4.36. The fourth-order valence-electron chi connectivity index (χ4n) is 4.78. The largest absolute Gasteiger partial charge is 0.433 e. The van der Waals surface area contributed by atoms with Crippen LogP contribution in [0.1, 0.15) is 71.7 Å². The van der Waals surface area contributed by atoms with Gasteiger partial charge in [-0.3, -0.25) is 14.7 Å². The van der Waals surface area contributed by atoms with Crippen LogP contribution in [0, 0.1) is 19.8 Å². The van der Waals surface area contributed by atoms with E-state index in [1.807, 2.05) is 24.7 Å². The Morgan fingerprint density at radius 3 is 2.58 bits per heavy atom. The summed E-state index contributed by atoms with van der Waals surface area (Å²) in [5.41, 5.74) is 3.13. The van der Waals surface area contributed by atoms with Gasteiger partial charge in [0.2, 0.25) is 0 Å². The maximum Gasteiger partial charge on any atom is 0.433 e. The smallest absolute Gasteiger partial charge is 0.373 e. The number of aromatic nitrogens is 5. The van der Waals surface area contributed by atoms with Crippen molar-refractivity contribution in [3.05, 3.63) is 64.6 Å². The molecule has 0 radical (unpaired) electrons. The second kappa shape index (κ2) is 8.65. The average Bonchev–Trinajstić information content (AvgIpc) is 3.60. The molecule has 2 fully saturated rings. The molecule has 3 atom stereocenters. The first-order valence-corrected chi connectivity index (χ1v) is 12.2. The number of rotatable bonds is 4. The fourth-order valence-corrected chi connectivity index (χ4v) is 4.78. The summed E-state index contributed by atoms with van der Waals surface area (Å²) in [6.07, 6.45) is 4.12. The maximum atomic E-state index is 13.1. The molecule has 1 saturated heterocycles. The third-order valence-corrected chi connectivity index (χ3v) is 7.10. The highest BCUT2D eigenvalue weighted by Gasteiger charge is 2.36. The standard InChI is InChI=1S/C25H26F3N7O/c1-13-14(2)32-24-22(31-13)21(16-3-6-20(29-10-16)25(26,27)28)33-23(34-24)15-7-8-36-19(9-15)17-11-30-35(12-17)18-4-5-18/h3,6,10-12,15,18-19,23H,4-5,7-9H2,1-2H3,(H,32,34)/t15-,19+,23?/m1/s1. The van der Waals surface area contributed by atoms with Gasteiger partial charge >= 0.3 is 6.18 Å². The first kappa shape index (κ1) is 23.1. The zero-order valence-corrected chi connectivity index (χ0v) is 20.0. The van der Waals surface area contributed by atoms with Crippen molar-refractivity contribution in [2.75, 3.05) is 11.9 Å². The number of alkyl halides is 3. The SMILES string of the molecule is Cc1nc2c(nc1C)C(c1ccc(C(F)(F)F)nc1)=NC([C@@H]1CCO[C@H](c3cnn(C4CC4)c3)C1)N2. The van der Waals surface area contributed by atoms with E-state index in [4.69, 9.17) is 14.7 Å². The lowest BCUT2D eigenvalue weighted by Crippen LogP contribution is -2.38. The number of hydrogen-bond donors (Lipinski definition) is 1. The van der Waals surface area contributed by atoms with Crippen LogP contribution in [0.2, 0.25) is 0 Å². The number of anilines is 1. The lowest BCUT2D eigenvalue weighted by Gasteiger charge is -2.35. The molecule has 188 valence electrons. The predicted octanol–water partition coefficient (Wildman–Crippen LogP) is 4.80. The first-order chi connectivity index (χ1) is 17.3. The van der Waals surface area contributed by atoms with Gasteiger partial charge in [0, 0.05) is 36.0 Å². The highest BCUT2D eigenvalue weighted by molar-refractivity contribution is 6.15. The lowest BCUT2D eigenvalue weighted by atomic mass is 9.89. The van der Waals surface area contributed by atoms with E-state index in [2.05, 4.69) is 26.6 Å².